The zero-order valence-corrected chi connectivity index (χ0v) is 14.0. The largest absolute Gasteiger partial charge is 0.361 e. The normalized spacial score (nSPS) is 11.5. The zero-order valence-electron chi connectivity index (χ0n) is 13.2. The quantitative estimate of drug-likeness (QED) is 0.665. The molecule has 0 unspecified atom stereocenters. The number of nitrogens with zero attached hydrogens (tertiary/aromatic N) is 1. The van der Waals surface area contributed by atoms with Gasteiger partial charge >= 0.3 is 5.69 Å². The molecule has 7 nitrogen and oxygen atoms in total. The van der Waals surface area contributed by atoms with Gasteiger partial charge in [0, 0.05) is 18.9 Å². The second-order valence-corrected chi connectivity index (χ2v) is 7.66. The molecular weight excluding hydrogens is 332 g/mol. The summed E-state index contributed by atoms with van der Waals surface area (Å²) in [7, 11) is -3.13. The van der Waals surface area contributed by atoms with E-state index in [0.717, 1.165) is 5.56 Å². The molecule has 0 spiro atoms. The molecule has 0 fully saturated rings. The predicted octanol–water partition coefficient (Wildman–Crippen LogP) is 0.558. The van der Waals surface area contributed by atoms with Crippen LogP contribution in [0.1, 0.15) is 12.0 Å². The highest BCUT2D eigenvalue weighted by Gasteiger charge is 2.10. The summed E-state index contributed by atoms with van der Waals surface area (Å²) >= 11 is 0. The van der Waals surface area contributed by atoms with Crippen LogP contribution in [0.4, 0.5) is 0 Å². The number of aromatic nitrogens is 2. The van der Waals surface area contributed by atoms with Crippen molar-refractivity contribution >= 4 is 9.84 Å². The van der Waals surface area contributed by atoms with Crippen molar-refractivity contribution in [3.63, 3.8) is 0 Å². The van der Waals surface area contributed by atoms with Gasteiger partial charge in [-0.25, -0.2) is 13.2 Å². The van der Waals surface area contributed by atoms with Gasteiger partial charge in [0.05, 0.1) is 11.5 Å². The first-order valence-corrected chi connectivity index (χ1v) is 9.40. The van der Waals surface area contributed by atoms with Crippen LogP contribution in [0.2, 0.25) is 0 Å². The SMILES string of the molecule is O=c1ccn(COCCCS(=O)(=O)CCc2ccccc2)c(=O)[nH]1. The molecule has 0 saturated carbocycles. The summed E-state index contributed by atoms with van der Waals surface area (Å²) in [6.07, 6.45) is 2.18. The third kappa shape index (κ3) is 6.13. The number of rotatable bonds is 9. The molecule has 0 amide bonds. The Morgan fingerprint density at radius 3 is 2.50 bits per heavy atom. The second kappa shape index (κ2) is 8.60. The Kier molecular flexibility index (Phi) is 6.51. The van der Waals surface area contributed by atoms with Gasteiger partial charge in [-0.2, -0.15) is 0 Å². The lowest BCUT2D eigenvalue weighted by molar-refractivity contribution is 0.0745. The molecule has 2 rings (SSSR count). The molecule has 0 atom stereocenters. The maximum absolute atomic E-state index is 12.0. The van der Waals surface area contributed by atoms with Crippen molar-refractivity contribution < 1.29 is 13.2 Å². The van der Waals surface area contributed by atoms with Crippen LogP contribution in [0.5, 0.6) is 0 Å². The van der Waals surface area contributed by atoms with Gasteiger partial charge in [-0.1, -0.05) is 30.3 Å². The Morgan fingerprint density at radius 1 is 1.04 bits per heavy atom. The number of hydrogen-bond acceptors (Lipinski definition) is 5. The molecule has 1 aromatic carbocycles. The van der Waals surface area contributed by atoms with E-state index in [2.05, 4.69) is 4.98 Å². The molecule has 0 saturated heterocycles. The summed E-state index contributed by atoms with van der Waals surface area (Å²) in [6, 6.07) is 10.7. The van der Waals surface area contributed by atoms with Crippen molar-refractivity contribution in [2.45, 2.75) is 19.6 Å². The van der Waals surface area contributed by atoms with Crippen LogP contribution in [0.3, 0.4) is 0 Å². The van der Waals surface area contributed by atoms with E-state index in [1.165, 1.54) is 16.8 Å². The van der Waals surface area contributed by atoms with Crippen LogP contribution >= 0.6 is 0 Å². The summed E-state index contributed by atoms with van der Waals surface area (Å²) in [5, 5.41) is 0. The van der Waals surface area contributed by atoms with E-state index in [4.69, 9.17) is 4.74 Å². The van der Waals surface area contributed by atoms with Crippen molar-refractivity contribution in [1.29, 1.82) is 0 Å². The van der Waals surface area contributed by atoms with Crippen LogP contribution in [-0.4, -0.2) is 36.1 Å². The molecule has 8 heteroatoms. The number of aryl methyl sites for hydroxylation is 1. The maximum atomic E-state index is 12.0. The van der Waals surface area contributed by atoms with Gasteiger partial charge in [0.15, 0.2) is 9.84 Å². The van der Waals surface area contributed by atoms with Crippen LogP contribution < -0.4 is 11.2 Å². The Labute approximate surface area is 139 Å². The Bertz CT molecular complexity index is 856. The van der Waals surface area contributed by atoms with Crippen LogP contribution in [0.25, 0.3) is 0 Å². The van der Waals surface area contributed by atoms with E-state index in [9.17, 15) is 18.0 Å². The fourth-order valence-electron chi connectivity index (χ4n) is 2.11. The summed E-state index contributed by atoms with van der Waals surface area (Å²) in [6.45, 7) is 0.190. The van der Waals surface area contributed by atoms with E-state index in [1.54, 1.807) is 0 Å². The van der Waals surface area contributed by atoms with Gasteiger partial charge < -0.3 is 4.74 Å². The van der Waals surface area contributed by atoms with Crippen molar-refractivity contribution in [2.75, 3.05) is 18.1 Å². The van der Waals surface area contributed by atoms with E-state index in [0.29, 0.717) is 12.8 Å². The second-order valence-electron chi connectivity index (χ2n) is 5.36. The molecule has 1 heterocycles. The first-order valence-electron chi connectivity index (χ1n) is 7.58. The molecular formula is C16H20N2O5S. The molecule has 0 radical (unpaired) electrons. The van der Waals surface area contributed by atoms with Crippen molar-refractivity contribution in [3.8, 4) is 0 Å². The lowest BCUT2D eigenvalue weighted by atomic mass is 10.2. The van der Waals surface area contributed by atoms with Crippen molar-refractivity contribution in [2.24, 2.45) is 0 Å². The van der Waals surface area contributed by atoms with E-state index in [-0.39, 0.29) is 24.8 Å². The third-order valence-corrected chi connectivity index (χ3v) is 5.15. The Hall–Kier alpha value is -2.19. The molecule has 1 N–H and O–H groups in total. The zero-order chi connectivity index (χ0) is 17.4. The number of hydrogen-bond donors (Lipinski definition) is 1. The summed E-state index contributed by atoms with van der Waals surface area (Å²) in [5.41, 5.74) is -0.0338. The van der Waals surface area contributed by atoms with Gasteiger partial charge in [-0.3, -0.25) is 14.3 Å². The number of nitrogens with one attached hydrogen (secondary N) is 1. The van der Waals surface area contributed by atoms with Gasteiger partial charge in [0.2, 0.25) is 0 Å². The van der Waals surface area contributed by atoms with Gasteiger partial charge in [0.25, 0.3) is 5.56 Å². The number of sulfone groups is 1. The smallest absolute Gasteiger partial charge is 0.330 e. The number of aromatic amines is 1. The van der Waals surface area contributed by atoms with Crippen LogP contribution in [-0.2, 0) is 27.7 Å². The fourth-order valence-corrected chi connectivity index (χ4v) is 3.42. The van der Waals surface area contributed by atoms with E-state index >= 15 is 0 Å². The Balaban J connectivity index is 1.69. The fraction of sp³-hybridized carbons (Fsp3) is 0.375. The summed E-state index contributed by atoms with van der Waals surface area (Å²) in [4.78, 5) is 24.4. The number of H-pyrrole nitrogens is 1. The highest BCUT2D eigenvalue weighted by molar-refractivity contribution is 7.91. The summed E-state index contributed by atoms with van der Waals surface area (Å²) in [5.74, 6) is 0.150. The van der Waals surface area contributed by atoms with Crippen LogP contribution in [0.15, 0.2) is 52.2 Å². The lowest BCUT2D eigenvalue weighted by Crippen LogP contribution is -2.29. The molecule has 1 aromatic heterocycles. The van der Waals surface area contributed by atoms with Gasteiger partial charge in [0.1, 0.15) is 6.73 Å². The van der Waals surface area contributed by atoms with Gasteiger partial charge in [-0.15, -0.1) is 0 Å². The molecule has 0 aliphatic heterocycles. The van der Waals surface area contributed by atoms with Crippen molar-refractivity contribution in [1.82, 2.24) is 9.55 Å². The van der Waals surface area contributed by atoms with E-state index in [1.807, 2.05) is 30.3 Å². The summed E-state index contributed by atoms with van der Waals surface area (Å²) < 4.78 is 30.4. The standard InChI is InChI=1S/C16H20N2O5S/c19-15-7-9-18(16(20)17-15)13-23-10-4-11-24(21,22)12-8-14-5-2-1-3-6-14/h1-3,5-7,9H,4,8,10-13H2,(H,17,19,20). The average molecular weight is 352 g/mol. The molecule has 130 valence electrons. The van der Waals surface area contributed by atoms with Crippen molar-refractivity contribution in [3.05, 3.63) is 69.0 Å². The lowest BCUT2D eigenvalue weighted by Gasteiger charge is -2.07. The minimum atomic E-state index is -3.13. The highest BCUT2D eigenvalue weighted by atomic mass is 32.2. The number of benzene rings is 1. The maximum Gasteiger partial charge on any atom is 0.330 e. The van der Waals surface area contributed by atoms with Crippen LogP contribution in [0, 0.1) is 0 Å². The predicted molar refractivity (Wildman–Crippen MR) is 90.7 cm³/mol. The van der Waals surface area contributed by atoms with E-state index < -0.39 is 21.1 Å². The average Bonchev–Trinajstić information content (AvgIpc) is 2.55. The minimum absolute atomic E-state index is 0.0281. The molecule has 0 aliphatic rings. The molecule has 0 aliphatic carbocycles. The topological polar surface area (TPSA) is 98.2 Å². The highest BCUT2D eigenvalue weighted by Crippen LogP contribution is 2.04. The monoisotopic (exact) mass is 352 g/mol. The first kappa shape index (κ1) is 18.2. The van der Waals surface area contributed by atoms with Gasteiger partial charge in [-0.05, 0) is 18.4 Å². The Morgan fingerprint density at radius 2 is 1.79 bits per heavy atom. The molecule has 2 aromatic rings. The number of ether oxygens (including phenoxy) is 1. The molecule has 0 bridgehead atoms. The first-order chi connectivity index (χ1) is 11.5. The third-order valence-electron chi connectivity index (χ3n) is 3.42. The molecule has 24 heavy (non-hydrogen) atoms. The minimum Gasteiger partial charge on any atom is -0.361 e.